The molecule has 108 valence electrons. The first-order valence-electron chi connectivity index (χ1n) is 6.12. The Labute approximate surface area is 120 Å². The number of sulfonamides is 1. The van der Waals surface area contributed by atoms with Crippen LogP contribution in [0.15, 0.2) is 29.2 Å². The SMILES string of the molecule is COCCN(C)S(=O)(=O)c1ccc(CCCCl)cc1. The van der Waals surface area contributed by atoms with Gasteiger partial charge in [-0.2, -0.15) is 4.31 Å². The van der Waals surface area contributed by atoms with Crippen molar-refractivity contribution in [3.05, 3.63) is 29.8 Å². The summed E-state index contributed by atoms with van der Waals surface area (Å²) in [5, 5.41) is 0. The molecule has 0 saturated heterocycles. The van der Waals surface area contributed by atoms with Crippen LogP contribution in [0.2, 0.25) is 0 Å². The number of nitrogens with zero attached hydrogens (tertiary/aromatic N) is 1. The van der Waals surface area contributed by atoms with Gasteiger partial charge in [-0.3, -0.25) is 0 Å². The number of benzene rings is 1. The second-order valence-electron chi connectivity index (χ2n) is 4.26. The van der Waals surface area contributed by atoms with E-state index in [-0.39, 0.29) is 0 Å². The van der Waals surface area contributed by atoms with E-state index >= 15 is 0 Å². The lowest BCUT2D eigenvalue weighted by atomic mass is 10.1. The van der Waals surface area contributed by atoms with Crippen LogP contribution >= 0.6 is 11.6 Å². The average molecular weight is 306 g/mol. The highest BCUT2D eigenvalue weighted by atomic mass is 35.5. The molecular weight excluding hydrogens is 286 g/mol. The maximum absolute atomic E-state index is 12.2. The van der Waals surface area contributed by atoms with E-state index in [0.717, 1.165) is 18.4 Å². The lowest BCUT2D eigenvalue weighted by molar-refractivity contribution is 0.185. The van der Waals surface area contributed by atoms with Crippen LogP contribution in [0.25, 0.3) is 0 Å². The molecule has 0 fully saturated rings. The van der Waals surface area contributed by atoms with Crippen molar-refractivity contribution >= 4 is 21.6 Å². The van der Waals surface area contributed by atoms with Crippen molar-refractivity contribution < 1.29 is 13.2 Å². The number of methoxy groups -OCH3 is 1. The number of alkyl halides is 1. The Hall–Kier alpha value is -0.620. The van der Waals surface area contributed by atoms with Crippen LogP contribution in [-0.4, -0.2) is 45.9 Å². The van der Waals surface area contributed by atoms with Crippen molar-refractivity contribution in [2.75, 3.05) is 33.2 Å². The second-order valence-corrected chi connectivity index (χ2v) is 6.68. The molecule has 0 bridgehead atoms. The molecule has 6 heteroatoms. The van der Waals surface area contributed by atoms with E-state index in [4.69, 9.17) is 16.3 Å². The van der Waals surface area contributed by atoms with Crippen molar-refractivity contribution in [1.82, 2.24) is 4.31 Å². The van der Waals surface area contributed by atoms with Crippen molar-refractivity contribution in [2.24, 2.45) is 0 Å². The van der Waals surface area contributed by atoms with E-state index in [1.54, 1.807) is 26.3 Å². The van der Waals surface area contributed by atoms with E-state index in [1.807, 2.05) is 12.1 Å². The van der Waals surface area contributed by atoms with Crippen LogP contribution < -0.4 is 0 Å². The van der Waals surface area contributed by atoms with Crippen LogP contribution in [0, 0.1) is 0 Å². The normalized spacial score (nSPS) is 12.0. The van der Waals surface area contributed by atoms with E-state index in [9.17, 15) is 8.42 Å². The standard InChI is InChI=1S/C13H20ClNO3S/c1-15(10-11-18-2)19(16,17)13-7-5-12(6-8-13)4-3-9-14/h5-8H,3-4,9-11H2,1-2H3. The second kappa shape index (κ2) is 7.85. The molecule has 0 unspecified atom stereocenters. The molecule has 1 aromatic carbocycles. The molecule has 0 aromatic heterocycles. The lowest BCUT2D eigenvalue weighted by Gasteiger charge is -2.16. The number of ether oxygens (including phenoxy) is 1. The van der Waals surface area contributed by atoms with Crippen LogP contribution in [0.3, 0.4) is 0 Å². The fourth-order valence-electron chi connectivity index (χ4n) is 1.62. The fraction of sp³-hybridized carbons (Fsp3) is 0.538. The summed E-state index contributed by atoms with van der Waals surface area (Å²) in [7, 11) is -0.322. The number of hydrogen-bond donors (Lipinski definition) is 0. The van der Waals surface area contributed by atoms with Gasteiger partial charge in [0.2, 0.25) is 10.0 Å². The van der Waals surface area contributed by atoms with Gasteiger partial charge in [-0.05, 0) is 30.5 Å². The highest BCUT2D eigenvalue weighted by Crippen LogP contribution is 2.15. The molecule has 4 nitrogen and oxygen atoms in total. The molecular formula is C13H20ClNO3S. The van der Waals surface area contributed by atoms with Crippen molar-refractivity contribution in [3.8, 4) is 0 Å². The molecule has 0 saturated carbocycles. The Morgan fingerprint density at radius 1 is 1.26 bits per heavy atom. The summed E-state index contributed by atoms with van der Waals surface area (Å²) >= 11 is 5.63. The molecule has 0 aliphatic carbocycles. The van der Waals surface area contributed by atoms with Crippen LogP contribution in [0.5, 0.6) is 0 Å². The van der Waals surface area contributed by atoms with Crippen molar-refractivity contribution in [1.29, 1.82) is 0 Å². The molecule has 1 aromatic rings. The average Bonchev–Trinajstić information content (AvgIpc) is 2.42. The van der Waals surface area contributed by atoms with Gasteiger partial charge in [0.15, 0.2) is 0 Å². The molecule has 0 aliphatic heterocycles. The zero-order chi connectivity index (χ0) is 14.3. The maximum Gasteiger partial charge on any atom is 0.242 e. The first-order valence-corrected chi connectivity index (χ1v) is 8.10. The molecule has 1 rings (SSSR count). The summed E-state index contributed by atoms with van der Waals surface area (Å²) < 4.78 is 30.6. The molecule has 0 amide bonds. The van der Waals surface area contributed by atoms with Crippen LogP contribution in [-0.2, 0) is 21.2 Å². The Morgan fingerprint density at radius 3 is 2.42 bits per heavy atom. The molecule has 0 spiro atoms. The smallest absolute Gasteiger partial charge is 0.242 e. The van der Waals surface area contributed by atoms with Gasteiger partial charge in [0.05, 0.1) is 11.5 Å². The summed E-state index contributed by atoms with van der Waals surface area (Å²) in [5.74, 6) is 0.611. The third-order valence-electron chi connectivity index (χ3n) is 2.84. The predicted molar refractivity (Wildman–Crippen MR) is 77.2 cm³/mol. The van der Waals surface area contributed by atoms with Crippen LogP contribution in [0.1, 0.15) is 12.0 Å². The number of halogens is 1. The van der Waals surface area contributed by atoms with Crippen molar-refractivity contribution in [2.45, 2.75) is 17.7 Å². The molecule has 0 heterocycles. The van der Waals surface area contributed by atoms with Crippen molar-refractivity contribution in [3.63, 3.8) is 0 Å². The Morgan fingerprint density at radius 2 is 1.89 bits per heavy atom. The largest absolute Gasteiger partial charge is 0.383 e. The van der Waals surface area contributed by atoms with Gasteiger partial charge in [-0.1, -0.05) is 12.1 Å². The molecule has 0 aliphatic rings. The molecule has 19 heavy (non-hydrogen) atoms. The zero-order valence-electron chi connectivity index (χ0n) is 11.3. The highest BCUT2D eigenvalue weighted by molar-refractivity contribution is 7.89. The quantitative estimate of drug-likeness (QED) is 0.691. The minimum absolute atomic E-state index is 0.306. The lowest BCUT2D eigenvalue weighted by Crippen LogP contribution is -2.30. The zero-order valence-corrected chi connectivity index (χ0v) is 12.9. The Bertz CT molecular complexity index is 473. The number of aryl methyl sites for hydroxylation is 1. The van der Waals surface area contributed by atoms with Gasteiger partial charge < -0.3 is 4.74 Å². The van der Waals surface area contributed by atoms with Gasteiger partial charge in [0, 0.05) is 26.6 Å². The van der Waals surface area contributed by atoms with E-state index in [2.05, 4.69) is 0 Å². The summed E-state index contributed by atoms with van der Waals surface area (Å²) in [4.78, 5) is 0.306. The first-order chi connectivity index (χ1) is 9.02. The Kier molecular flexibility index (Phi) is 6.79. The van der Waals surface area contributed by atoms with Gasteiger partial charge in [0.1, 0.15) is 0 Å². The summed E-state index contributed by atoms with van der Waals surface area (Å²) in [6, 6.07) is 6.96. The minimum atomic E-state index is -3.42. The molecule has 0 N–H and O–H groups in total. The van der Waals surface area contributed by atoms with Gasteiger partial charge in [-0.25, -0.2) is 8.42 Å². The fourth-order valence-corrected chi connectivity index (χ4v) is 2.91. The molecule has 0 radical (unpaired) electrons. The highest BCUT2D eigenvalue weighted by Gasteiger charge is 2.19. The van der Waals surface area contributed by atoms with Crippen LogP contribution in [0.4, 0.5) is 0 Å². The summed E-state index contributed by atoms with van der Waals surface area (Å²) in [6.07, 6.45) is 1.75. The maximum atomic E-state index is 12.2. The number of hydrogen-bond acceptors (Lipinski definition) is 3. The van der Waals surface area contributed by atoms with E-state index in [0.29, 0.717) is 23.9 Å². The third-order valence-corrected chi connectivity index (χ3v) is 4.98. The number of likely N-dealkylation sites (N-methyl/N-ethyl adjacent to an activating group) is 1. The van der Waals surface area contributed by atoms with E-state index < -0.39 is 10.0 Å². The minimum Gasteiger partial charge on any atom is -0.383 e. The molecule has 0 atom stereocenters. The summed E-state index contributed by atoms with van der Waals surface area (Å²) in [6.45, 7) is 0.719. The van der Waals surface area contributed by atoms with Gasteiger partial charge >= 0.3 is 0 Å². The van der Waals surface area contributed by atoms with E-state index in [1.165, 1.54) is 4.31 Å². The van der Waals surface area contributed by atoms with Gasteiger partial charge in [-0.15, -0.1) is 11.6 Å². The monoisotopic (exact) mass is 305 g/mol. The number of rotatable bonds is 8. The first kappa shape index (κ1) is 16.4. The predicted octanol–water partition coefficient (Wildman–Crippen LogP) is 2.12. The third kappa shape index (κ3) is 4.76. The van der Waals surface area contributed by atoms with Gasteiger partial charge in [0.25, 0.3) is 0 Å². The summed E-state index contributed by atoms with van der Waals surface area (Å²) in [5.41, 5.74) is 1.10. The topological polar surface area (TPSA) is 46.6 Å². The Balaban J connectivity index is 2.78.